The summed E-state index contributed by atoms with van der Waals surface area (Å²) in [5.41, 5.74) is 4.94. The topological polar surface area (TPSA) is 64.4 Å². The number of rotatable bonds is 6. The summed E-state index contributed by atoms with van der Waals surface area (Å²) in [6, 6.07) is 24.9. The fourth-order valence-corrected chi connectivity index (χ4v) is 4.42. The molecule has 0 atom stereocenters. The summed E-state index contributed by atoms with van der Waals surface area (Å²) in [5.74, 6) is 0.00491. The van der Waals surface area contributed by atoms with Gasteiger partial charge in [0.05, 0.1) is 11.6 Å². The molecule has 0 bridgehead atoms. The normalized spacial score (nSPS) is 12.5. The van der Waals surface area contributed by atoms with Gasteiger partial charge < -0.3 is 9.80 Å². The number of hydrogen-bond acceptors (Lipinski definition) is 3. The third-order valence-corrected chi connectivity index (χ3v) is 6.12. The molecule has 1 aliphatic rings. The van der Waals surface area contributed by atoms with Gasteiger partial charge in [0.15, 0.2) is 0 Å². The van der Waals surface area contributed by atoms with Gasteiger partial charge in [-0.25, -0.2) is 0 Å². The lowest BCUT2D eigenvalue weighted by Crippen LogP contribution is -2.36. The second-order valence-electron chi connectivity index (χ2n) is 8.15. The molecule has 0 radical (unpaired) electrons. The third-order valence-electron chi connectivity index (χ3n) is 6.12. The van der Waals surface area contributed by atoms with Gasteiger partial charge in [0.1, 0.15) is 0 Å². The van der Waals surface area contributed by atoms with Crippen molar-refractivity contribution in [3.8, 4) is 6.07 Å². The maximum Gasteiger partial charge on any atom is 0.258 e. The van der Waals surface area contributed by atoms with E-state index in [1.54, 1.807) is 11.0 Å². The Morgan fingerprint density at radius 1 is 1.03 bits per heavy atom. The number of hydrogen-bond donors (Lipinski definition) is 0. The fraction of sp³-hybridized carbons (Fsp3) is 0.250. The number of nitrogens with zero attached hydrogens (tertiary/aromatic N) is 3. The van der Waals surface area contributed by atoms with Crippen LogP contribution in [0.3, 0.4) is 0 Å². The lowest BCUT2D eigenvalue weighted by molar-refractivity contribution is -0.118. The predicted molar refractivity (Wildman–Crippen MR) is 130 cm³/mol. The molecule has 5 nitrogen and oxygen atoms in total. The van der Waals surface area contributed by atoms with Crippen molar-refractivity contribution in [1.82, 2.24) is 0 Å². The molecule has 0 fully saturated rings. The average molecular weight is 438 g/mol. The highest BCUT2D eigenvalue weighted by atomic mass is 16.2. The quantitative estimate of drug-likeness (QED) is 0.537. The summed E-state index contributed by atoms with van der Waals surface area (Å²) >= 11 is 0. The first-order chi connectivity index (χ1) is 16.1. The molecule has 0 aromatic heterocycles. The zero-order chi connectivity index (χ0) is 23.2. The molecular weight excluding hydrogens is 410 g/mol. The van der Waals surface area contributed by atoms with Gasteiger partial charge in [-0.1, -0.05) is 36.4 Å². The summed E-state index contributed by atoms with van der Waals surface area (Å²) in [6.45, 7) is 3.22. The summed E-state index contributed by atoms with van der Waals surface area (Å²) < 4.78 is 0. The number of carbonyl (C=O) groups excluding carboxylic acids is 2. The number of aryl methyl sites for hydroxylation is 2. The van der Waals surface area contributed by atoms with Crippen molar-refractivity contribution in [2.24, 2.45) is 0 Å². The molecule has 1 heterocycles. The Balaban J connectivity index is 1.51. The lowest BCUT2D eigenvalue weighted by Gasteiger charge is -2.30. The molecule has 0 saturated carbocycles. The largest absolute Gasteiger partial charge is 0.312 e. The van der Waals surface area contributed by atoms with E-state index in [1.807, 2.05) is 78.6 Å². The second-order valence-corrected chi connectivity index (χ2v) is 8.15. The first-order valence-corrected chi connectivity index (χ1v) is 11.4. The zero-order valence-electron chi connectivity index (χ0n) is 18.8. The number of amides is 2. The monoisotopic (exact) mass is 437 g/mol. The van der Waals surface area contributed by atoms with E-state index < -0.39 is 0 Å². The molecule has 0 spiro atoms. The first-order valence-electron chi connectivity index (χ1n) is 11.4. The van der Waals surface area contributed by atoms with Gasteiger partial charge in [-0.05, 0) is 73.7 Å². The molecule has 33 heavy (non-hydrogen) atoms. The molecule has 1 aliphatic heterocycles. The Labute approximate surface area is 194 Å². The van der Waals surface area contributed by atoms with Crippen molar-refractivity contribution in [3.05, 3.63) is 95.1 Å². The number of carbonyl (C=O) groups is 2. The molecule has 5 heteroatoms. The van der Waals surface area contributed by atoms with Gasteiger partial charge in [-0.15, -0.1) is 0 Å². The number of para-hydroxylation sites is 1. The lowest BCUT2D eigenvalue weighted by atomic mass is 9.97. The molecule has 0 N–H and O–H groups in total. The summed E-state index contributed by atoms with van der Waals surface area (Å²) in [7, 11) is 0. The van der Waals surface area contributed by atoms with Crippen molar-refractivity contribution < 1.29 is 9.59 Å². The van der Waals surface area contributed by atoms with Crippen molar-refractivity contribution >= 4 is 23.2 Å². The molecule has 2 amide bonds. The molecule has 3 aromatic carbocycles. The highest BCUT2D eigenvalue weighted by Gasteiger charge is 2.24. The Morgan fingerprint density at radius 3 is 2.55 bits per heavy atom. The van der Waals surface area contributed by atoms with E-state index >= 15 is 0 Å². The van der Waals surface area contributed by atoms with Crippen LogP contribution in [-0.2, 0) is 17.6 Å². The summed E-state index contributed by atoms with van der Waals surface area (Å²) in [4.78, 5) is 29.9. The number of fused-ring (bicyclic) bond motifs is 1. The van der Waals surface area contributed by atoms with Crippen LogP contribution < -0.4 is 9.80 Å². The molecule has 4 rings (SSSR count). The van der Waals surface area contributed by atoms with Gasteiger partial charge in [-0.2, -0.15) is 5.26 Å². The fourth-order valence-electron chi connectivity index (χ4n) is 4.42. The Hall–Kier alpha value is -3.91. The molecule has 0 aliphatic carbocycles. The summed E-state index contributed by atoms with van der Waals surface area (Å²) in [6.07, 6.45) is 2.58. The average Bonchev–Trinajstić information content (AvgIpc) is 2.87. The van der Waals surface area contributed by atoms with Crippen LogP contribution in [0.1, 0.15) is 46.8 Å². The van der Waals surface area contributed by atoms with Crippen LogP contribution in [0.5, 0.6) is 0 Å². The minimum Gasteiger partial charge on any atom is -0.312 e. The van der Waals surface area contributed by atoms with Gasteiger partial charge in [-0.3, -0.25) is 9.59 Å². The number of anilines is 2. The SMILES string of the molecule is CCN(C(=O)c1ccc2c(c1)CCCN2C(=O)CCc1ccccc1C#N)c1ccccc1. The van der Waals surface area contributed by atoms with Crippen LogP contribution >= 0.6 is 0 Å². The van der Waals surface area contributed by atoms with E-state index in [1.165, 1.54) is 0 Å². The maximum atomic E-state index is 13.2. The van der Waals surface area contributed by atoms with Gasteiger partial charge >= 0.3 is 0 Å². The van der Waals surface area contributed by atoms with Crippen LogP contribution in [0.25, 0.3) is 0 Å². The number of nitriles is 1. The van der Waals surface area contributed by atoms with Crippen molar-refractivity contribution in [3.63, 3.8) is 0 Å². The highest BCUT2D eigenvalue weighted by molar-refractivity contribution is 6.06. The van der Waals surface area contributed by atoms with Crippen molar-refractivity contribution in [1.29, 1.82) is 5.26 Å². The van der Waals surface area contributed by atoms with Crippen LogP contribution in [0, 0.1) is 11.3 Å². The molecule has 0 saturated heterocycles. The van der Waals surface area contributed by atoms with Gasteiger partial charge in [0.25, 0.3) is 5.91 Å². The van der Waals surface area contributed by atoms with Crippen molar-refractivity contribution in [2.75, 3.05) is 22.9 Å². The van der Waals surface area contributed by atoms with Gasteiger partial charge in [0.2, 0.25) is 5.91 Å². The van der Waals surface area contributed by atoms with Gasteiger partial charge in [0, 0.05) is 36.4 Å². The minimum atomic E-state index is -0.0388. The van der Waals surface area contributed by atoms with Crippen LogP contribution in [0.2, 0.25) is 0 Å². The minimum absolute atomic E-state index is 0.0388. The Kier molecular flexibility index (Phi) is 6.85. The first kappa shape index (κ1) is 22.3. The molecule has 0 unspecified atom stereocenters. The molecular formula is C28H27N3O2. The smallest absolute Gasteiger partial charge is 0.258 e. The molecule has 3 aromatic rings. The zero-order valence-corrected chi connectivity index (χ0v) is 18.8. The highest BCUT2D eigenvalue weighted by Crippen LogP contribution is 2.30. The molecule has 166 valence electrons. The predicted octanol–water partition coefficient (Wildman–Crippen LogP) is 5.14. The summed E-state index contributed by atoms with van der Waals surface area (Å²) in [5, 5.41) is 9.29. The van der Waals surface area contributed by atoms with E-state index in [0.29, 0.717) is 37.1 Å². The number of benzene rings is 3. The van der Waals surface area contributed by atoms with Crippen LogP contribution in [-0.4, -0.2) is 24.9 Å². The van der Waals surface area contributed by atoms with Crippen LogP contribution in [0.15, 0.2) is 72.8 Å². The second kappa shape index (κ2) is 10.1. The Morgan fingerprint density at radius 2 is 1.79 bits per heavy atom. The van der Waals surface area contributed by atoms with E-state index in [4.69, 9.17) is 0 Å². The third kappa shape index (κ3) is 4.80. The van der Waals surface area contributed by atoms with E-state index in [0.717, 1.165) is 35.3 Å². The Bertz CT molecular complexity index is 1200. The van der Waals surface area contributed by atoms with E-state index in [9.17, 15) is 14.9 Å². The standard InChI is InChI=1S/C28H27N3O2/c1-2-30(25-12-4-3-5-13-25)28(33)23-14-16-26-22(19-23)11-8-18-31(26)27(32)17-15-21-9-6-7-10-24(21)20-29/h3-7,9-10,12-14,16,19H,2,8,11,15,17-18H2,1H3. The van der Waals surface area contributed by atoms with Crippen LogP contribution in [0.4, 0.5) is 11.4 Å². The maximum absolute atomic E-state index is 13.2. The van der Waals surface area contributed by atoms with E-state index in [2.05, 4.69) is 6.07 Å². The van der Waals surface area contributed by atoms with E-state index in [-0.39, 0.29) is 11.8 Å². The van der Waals surface area contributed by atoms with Crippen molar-refractivity contribution in [2.45, 2.75) is 32.6 Å².